The van der Waals surface area contributed by atoms with Crippen LogP contribution in [-0.4, -0.2) is 18.4 Å². The molecule has 0 radical (unpaired) electrons. The van der Waals surface area contributed by atoms with Crippen molar-refractivity contribution in [3.63, 3.8) is 0 Å². The molecule has 0 fully saturated rings. The standard InChI is InChI=1S/C18H15N3O2S/c19-12-24-15-9-7-14(8-10-15)20-17(22)18(23)21-11-3-5-13-4-1-2-6-16(13)21/h1-2,4,6-10H,3,5,11H2,(H,20,22). The molecule has 0 atom stereocenters. The number of para-hydroxylation sites is 1. The first-order valence-corrected chi connectivity index (χ1v) is 8.37. The molecule has 0 aliphatic carbocycles. The van der Waals surface area contributed by atoms with Crippen LogP contribution in [0.2, 0.25) is 0 Å². The summed E-state index contributed by atoms with van der Waals surface area (Å²) in [6.45, 7) is 0.543. The van der Waals surface area contributed by atoms with E-state index in [0.29, 0.717) is 12.2 Å². The number of nitrogens with zero attached hydrogens (tertiary/aromatic N) is 2. The summed E-state index contributed by atoms with van der Waals surface area (Å²) in [6, 6.07) is 14.5. The summed E-state index contributed by atoms with van der Waals surface area (Å²) in [5, 5.41) is 13.2. The number of nitrogens with one attached hydrogen (secondary N) is 1. The summed E-state index contributed by atoms with van der Waals surface area (Å²) in [6.07, 6.45) is 1.76. The fourth-order valence-corrected chi connectivity index (χ4v) is 3.09. The third kappa shape index (κ3) is 3.42. The van der Waals surface area contributed by atoms with Gasteiger partial charge in [-0.25, -0.2) is 0 Å². The molecule has 120 valence electrons. The van der Waals surface area contributed by atoms with Crippen molar-refractivity contribution in [3.05, 3.63) is 54.1 Å². The van der Waals surface area contributed by atoms with Gasteiger partial charge in [0.1, 0.15) is 5.40 Å². The van der Waals surface area contributed by atoms with Gasteiger partial charge in [-0.3, -0.25) is 9.59 Å². The number of rotatable bonds is 2. The lowest BCUT2D eigenvalue weighted by Gasteiger charge is -2.28. The van der Waals surface area contributed by atoms with E-state index in [0.717, 1.165) is 40.7 Å². The molecule has 2 aromatic carbocycles. The van der Waals surface area contributed by atoms with Crippen molar-refractivity contribution >= 4 is 35.0 Å². The van der Waals surface area contributed by atoms with Gasteiger partial charge in [-0.05, 0) is 60.5 Å². The molecule has 0 saturated heterocycles. The van der Waals surface area contributed by atoms with E-state index in [1.807, 2.05) is 29.7 Å². The van der Waals surface area contributed by atoms with E-state index < -0.39 is 11.8 Å². The number of aryl methyl sites for hydroxylation is 1. The highest BCUT2D eigenvalue weighted by Crippen LogP contribution is 2.27. The lowest BCUT2D eigenvalue weighted by atomic mass is 10.0. The molecule has 3 rings (SSSR count). The number of nitriles is 1. The van der Waals surface area contributed by atoms with Crippen LogP contribution in [0, 0.1) is 10.7 Å². The number of fused-ring (bicyclic) bond motifs is 1. The number of amides is 2. The zero-order valence-electron chi connectivity index (χ0n) is 12.9. The Kier molecular flexibility index (Phi) is 4.82. The van der Waals surface area contributed by atoms with Gasteiger partial charge >= 0.3 is 11.8 Å². The molecule has 2 aromatic rings. The maximum atomic E-state index is 12.5. The molecule has 0 saturated carbocycles. The lowest BCUT2D eigenvalue weighted by Crippen LogP contribution is -2.42. The van der Waals surface area contributed by atoms with Crippen LogP contribution in [0.5, 0.6) is 0 Å². The minimum Gasteiger partial charge on any atom is -0.318 e. The van der Waals surface area contributed by atoms with Crippen LogP contribution in [0.4, 0.5) is 11.4 Å². The van der Waals surface area contributed by atoms with E-state index in [4.69, 9.17) is 5.26 Å². The van der Waals surface area contributed by atoms with Crippen LogP contribution < -0.4 is 10.2 Å². The average Bonchev–Trinajstić information content (AvgIpc) is 2.62. The minimum absolute atomic E-state index is 0.529. The van der Waals surface area contributed by atoms with Gasteiger partial charge < -0.3 is 10.2 Å². The van der Waals surface area contributed by atoms with Crippen molar-refractivity contribution in [1.82, 2.24) is 0 Å². The van der Waals surface area contributed by atoms with Crippen LogP contribution in [0.1, 0.15) is 12.0 Å². The molecular formula is C18H15N3O2S. The van der Waals surface area contributed by atoms with Gasteiger partial charge in [-0.1, -0.05) is 18.2 Å². The average molecular weight is 337 g/mol. The highest BCUT2D eigenvalue weighted by molar-refractivity contribution is 8.03. The lowest BCUT2D eigenvalue weighted by molar-refractivity contribution is -0.134. The highest BCUT2D eigenvalue weighted by atomic mass is 32.2. The Morgan fingerprint density at radius 2 is 1.88 bits per heavy atom. The molecule has 0 unspecified atom stereocenters. The topological polar surface area (TPSA) is 73.2 Å². The van der Waals surface area contributed by atoms with Crippen LogP contribution >= 0.6 is 11.8 Å². The molecule has 1 aliphatic heterocycles. The Hall–Kier alpha value is -2.78. The zero-order valence-corrected chi connectivity index (χ0v) is 13.7. The van der Waals surface area contributed by atoms with Gasteiger partial charge in [-0.15, -0.1) is 0 Å². The summed E-state index contributed by atoms with van der Waals surface area (Å²) in [5.41, 5.74) is 2.42. The predicted octanol–water partition coefficient (Wildman–Crippen LogP) is 3.18. The van der Waals surface area contributed by atoms with Crippen molar-refractivity contribution in [2.45, 2.75) is 17.7 Å². The van der Waals surface area contributed by atoms with Crippen molar-refractivity contribution in [3.8, 4) is 5.40 Å². The second-order valence-electron chi connectivity index (χ2n) is 5.36. The molecule has 2 amide bonds. The fourth-order valence-electron chi connectivity index (χ4n) is 2.71. The number of thioether (sulfide) groups is 1. The van der Waals surface area contributed by atoms with E-state index in [2.05, 4.69) is 5.32 Å². The van der Waals surface area contributed by atoms with Gasteiger partial charge in [0.25, 0.3) is 0 Å². The van der Waals surface area contributed by atoms with Crippen LogP contribution in [-0.2, 0) is 16.0 Å². The Morgan fingerprint density at radius 1 is 1.12 bits per heavy atom. The molecule has 24 heavy (non-hydrogen) atoms. The van der Waals surface area contributed by atoms with Gasteiger partial charge in [0.15, 0.2) is 0 Å². The second kappa shape index (κ2) is 7.20. The SMILES string of the molecule is N#CSc1ccc(NC(=O)C(=O)N2CCCc3ccccc32)cc1. The summed E-state index contributed by atoms with van der Waals surface area (Å²) >= 11 is 1.04. The molecule has 1 N–H and O–H groups in total. The molecule has 0 bridgehead atoms. The van der Waals surface area contributed by atoms with Gasteiger partial charge in [0, 0.05) is 22.8 Å². The Morgan fingerprint density at radius 3 is 2.62 bits per heavy atom. The molecule has 1 aliphatic rings. The van der Waals surface area contributed by atoms with Crippen molar-refractivity contribution in [2.75, 3.05) is 16.8 Å². The summed E-state index contributed by atoms with van der Waals surface area (Å²) in [7, 11) is 0. The first-order chi connectivity index (χ1) is 11.7. The van der Waals surface area contributed by atoms with Crippen LogP contribution in [0.25, 0.3) is 0 Å². The molecule has 0 aromatic heterocycles. The maximum absolute atomic E-state index is 12.5. The quantitative estimate of drug-likeness (QED) is 0.519. The molecule has 6 heteroatoms. The zero-order chi connectivity index (χ0) is 16.9. The van der Waals surface area contributed by atoms with Gasteiger partial charge in [-0.2, -0.15) is 5.26 Å². The highest BCUT2D eigenvalue weighted by Gasteiger charge is 2.27. The third-order valence-corrected chi connectivity index (χ3v) is 4.42. The van der Waals surface area contributed by atoms with Crippen molar-refractivity contribution in [2.24, 2.45) is 0 Å². The van der Waals surface area contributed by atoms with E-state index in [1.165, 1.54) is 4.90 Å². The molecular weight excluding hydrogens is 322 g/mol. The van der Waals surface area contributed by atoms with Gasteiger partial charge in [0.2, 0.25) is 0 Å². The normalized spacial score (nSPS) is 12.9. The fraction of sp³-hybridized carbons (Fsp3) is 0.167. The largest absolute Gasteiger partial charge is 0.318 e. The number of benzene rings is 2. The molecule has 5 nitrogen and oxygen atoms in total. The molecule has 0 spiro atoms. The predicted molar refractivity (Wildman–Crippen MR) is 93.7 cm³/mol. The number of hydrogen-bond donors (Lipinski definition) is 1. The number of carbonyl (C=O) groups is 2. The van der Waals surface area contributed by atoms with Crippen LogP contribution in [0.3, 0.4) is 0 Å². The second-order valence-corrected chi connectivity index (χ2v) is 6.22. The maximum Gasteiger partial charge on any atom is 0.316 e. The van der Waals surface area contributed by atoms with Crippen molar-refractivity contribution < 1.29 is 9.59 Å². The summed E-state index contributed by atoms with van der Waals surface area (Å²) < 4.78 is 0. The Labute approximate surface area is 144 Å². The number of thiocyanates is 1. The van der Waals surface area contributed by atoms with E-state index in [1.54, 1.807) is 24.3 Å². The van der Waals surface area contributed by atoms with E-state index in [-0.39, 0.29) is 0 Å². The first kappa shape index (κ1) is 16.1. The third-order valence-electron chi connectivity index (χ3n) is 3.83. The molecule has 1 heterocycles. The Bertz CT molecular complexity index is 812. The number of anilines is 2. The monoisotopic (exact) mass is 337 g/mol. The minimum atomic E-state index is -0.660. The van der Waals surface area contributed by atoms with Crippen molar-refractivity contribution in [1.29, 1.82) is 5.26 Å². The van der Waals surface area contributed by atoms with E-state index in [9.17, 15) is 9.59 Å². The van der Waals surface area contributed by atoms with Gasteiger partial charge in [0.05, 0.1) is 0 Å². The summed E-state index contributed by atoms with van der Waals surface area (Å²) in [5.74, 6) is -1.22. The first-order valence-electron chi connectivity index (χ1n) is 7.56. The van der Waals surface area contributed by atoms with E-state index >= 15 is 0 Å². The number of hydrogen-bond acceptors (Lipinski definition) is 4. The smallest absolute Gasteiger partial charge is 0.316 e. The number of carbonyl (C=O) groups excluding carboxylic acids is 2. The summed E-state index contributed by atoms with van der Waals surface area (Å²) in [4.78, 5) is 27.1. The Balaban J connectivity index is 1.72. The van der Waals surface area contributed by atoms with Crippen LogP contribution in [0.15, 0.2) is 53.4 Å².